The van der Waals surface area contributed by atoms with E-state index >= 15 is 0 Å². The van der Waals surface area contributed by atoms with E-state index in [9.17, 15) is 5.11 Å². The van der Waals surface area contributed by atoms with Crippen LogP contribution in [0.3, 0.4) is 0 Å². The minimum atomic E-state index is 0.268. The van der Waals surface area contributed by atoms with E-state index in [2.05, 4.69) is 30.1 Å². The van der Waals surface area contributed by atoms with Gasteiger partial charge in [-0.25, -0.2) is 0 Å². The van der Waals surface area contributed by atoms with Crippen LogP contribution in [0.2, 0.25) is 0 Å². The molecule has 2 heteroatoms. The average Bonchev–Trinajstić information content (AvgIpc) is 2.88. The lowest BCUT2D eigenvalue weighted by atomic mass is 9.92. The van der Waals surface area contributed by atoms with Gasteiger partial charge in [0, 0.05) is 23.0 Å². The van der Waals surface area contributed by atoms with Crippen molar-refractivity contribution in [2.45, 2.75) is 12.8 Å². The summed E-state index contributed by atoms with van der Waals surface area (Å²) in [6.07, 6.45) is 1.85. The normalized spacial score (nSPS) is 12.7. The number of H-pyrrole nitrogens is 1. The van der Waals surface area contributed by atoms with Gasteiger partial charge in [0.15, 0.2) is 0 Å². The Balaban J connectivity index is 2.09. The van der Waals surface area contributed by atoms with Gasteiger partial charge in [0.25, 0.3) is 0 Å². The van der Waals surface area contributed by atoms with Crippen LogP contribution < -0.4 is 0 Å². The molecule has 0 saturated heterocycles. The minimum absolute atomic E-state index is 0.268. The first-order valence-corrected chi connectivity index (χ1v) is 6.10. The second-order valence-corrected chi connectivity index (χ2v) is 4.61. The van der Waals surface area contributed by atoms with E-state index in [4.69, 9.17) is 0 Å². The molecule has 0 fully saturated rings. The van der Waals surface area contributed by atoms with E-state index in [1.807, 2.05) is 36.5 Å². The fourth-order valence-electron chi connectivity index (χ4n) is 2.35. The molecule has 2 aromatic carbocycles. The number of hydrogen-bond acceptors (Lipinski definition) is 1. The number of aromatic nitrogens is 1. The number of rotatable bonds is 2. The maximum atomic E-state index is 10.0. The molecule has 3 rings (SSSR count). The van der Waals surface area contributed by atoms with Crippen molar-refractivity contribution < 1.29 is 5.11 Å². The zero-order chi connectivity index (χ0) is 12.5. The maximum absolute atomic E-state index is 10.0. The van der Waals surface area contributed by atoms with Gasteiger partial charge < -0.3 is 10.1 Å². The molecule has 1 unspecified atom stereocenters. The van der Waals surface area contributed by atoms with Gasteiger partial charge in [-0.3, -0.25) is 0 Å². The van der Waals surface area contributed by atoms with Crippen molar-refractivity contribution in [3.8, 4) is 5.75 Å². The Morgan fingerprint density at radius 1 is 1.00 bits per heavy atom. The van der Waals surface area contributed by atoms with Crippen molar-refractivity contribution in [3.05, 3.63) is 65.9 Å². The van der Waals surface area contributed by atoms with Crippen molar-refractivity contribution >= 4 is 10.9 Å². The summed E-state index contributed by atoms with van der Waals surface area (Å²) in [5.74, 6) is 0.608. The molecule has 0 aliphatic heterocycles. The lowest BCUT2D eigenvalue weighted by Gasteiger charge is -2.13. The highest BCUT2D eigenvalue weighted by atomic mass is 16.3. The van der Waals surface area contributed by atoms with Gasteiger partial charge >= 0.3 is 0 Å². The van der Waals surface area contributed by atoms with E-state index in [0.29, 0.717) is 5.75 Å². The van der Waals surface area contributed by atoms with Gasteiger partial charge in [0.1, 0.15) is 5.75 Å². The van der Waals surface area contributed by atoms with Crippen LogP contribution in [0.15, 0.2) is 54.7 Å². The molecule has 0 aliphatic rings. The van der Waals surface area contributed by atoms with E-state index in [1.54, 1.807) is 0 Å². The summed E-state index contributed by atoms with van der Waals surface area (Å²) >= 11 is 0. The predicted molar refractivity (Wildman–Crippen MR) is 73.9 cm³/mol. The summed E-state index contributed by atoms with van der Waals surface area (Å²) in [5.41, 5.74) is 3.35. The van der Waals surface area contributed by atoms with Gasteiger partial charge in [-0.15, -0.1) is 0 Å². The zero-order valence-electron chi connectivity index (χ0n) is 10.2. The number of aromatic amines is 1. The standard InChI is InChI=1S/C16H15NO/c1-11(12-5-3-2-4-6-12)13-9-15-14(7-8-17-15)16(18)10-13/h2-11,17-18H,1H3. The van der Waals surface area contributed by atoms with Crippen LogP contribution in [0.1, 0.15) is 24.0 Å². The highest BCUT2D eigenvalue weighted by Crippen LogP contribution is 2.31. The minimum Gasteiger partial charge on any atom is -0.507 e. The molecular formula is C16H15NO. The molecule has 0 spiro atoms. The summed E-state index contributed by atoms with van der Waals surface area (Å²) in [6.45, 7) is 2.15. The molecule has 0 amide bonds. The van der Waals surface area contributed by atoms with E-state index in [-0.39, 0.29) is 5.92 Å². The summed E-state index contributed by atoms with van der Waals surface area (Å²) in [5, 5.41) is 10.9. The molecular weight excluding hydrogens is 222 g/mol. The molecule has 0 saturated carbocycles. The second kappa shape index (κ2) is 4.22. The third kappa shape index (κ3) is 1.76. The summed E-state index contributed by atoms with van der Waals surface area (Å²) in [4.78, 5) is 3.15. The van der Waals surface area contributed by atoms with Gasteiger partial charge in [-0.05, 0) is 29.3 Å². The molecule has 1 heterocycles. The lowest BCUT2D eigenvalue weighted by Crippen LogP contribution is -1.95. The number of aromatic hydroxyl groups is 1. The van der Waals surface area contributed by atoms with Crippen molar-refractivity contribution in [1.82, 2.24) is 4.98 Å². The molecule has 0 radical (unpaired) electrons. The summed E-state index contributed by atoms with van der Waals surface area (Å²) in [6, 6.07) is 16.2. The molecule has 0 bridgehead atoms. The number of benzene rings is 2. The molecule has 0 aliphatic carbocycles. The van der Waals surface area contributed by atoms with Crippen molar-refractivity contribution in [1.29, 1.82) is 0 Å². The highest BCUT2D eigenvalue weighted by molar-refractivity contribution is 5.86. The van der Waals surface area contributed by atoms with Crippen LogP contribution in [0.25, 0.3) is 10.9 Å². The third-order valence-corrected chi connectivity index (χ3v) is 3.47. The first-order valence-electron chi connectivity index (χ1n) is 6.10. The first kappa shape index (κ1) is 10.9. The number of nitrogens with one attached hydrogen (secondary N) is 1. The Labute approximate surface area is 106 Å². The predicted octanol–water partition coefficient (Wildman–Crippen LogP) is 4.03. The average molecular weight is 237 g/mol. The molecule has 90 valence electrons. The third-order valence-electron chi connectivity index (χ3n) is 3.47. The van der Waals surface area contributed by atoms with Crippen LogP contribution in [-0.2, 0) is 0 Å². The van der Waals surface area contributed by atoms with Crippen LogP contribution in [0.4, 0.5) is 0 Å². The van der Waals surface area contributed by atoms with Gasteiger partial charge in [0.2, 0.25) is 0 Å². The molecule has 1 aromatic heterocycles. The van der Waals surface area contributed by atoms with Gasteiger partial charge in [-0.2, -0.15) is 0 Å². The topological polar surface area (TPSA) is 36.0 Å². The largest absolute Gasteiger partial charge is 0.507 e. The smallest absolute Gasteiger partial charge is 0.125 e. The van der Waals surface area contributed by atoms with Crippen LogP contribution >= 0.6 is 0 Å². The number of phenolic OH excluding ortho intramolecular Hbond substituents is 1. The first-order chi connectivity index (χ1) is 8.75. The monoisotopic (exact) mass is 237 g/mol. The Morgan fingerprint density at radius 3 is 2.56 bits per heavy atom. The second-order valence-electron chi connectivity index (χ2n) is 4.61. The van der Waals surface area contributed by atoms with Crippen molar-refractivity contribution in [2.24, 2.45) is 0 Å². The zero-order valence-corrected chi connectivity index (χ0v) is 10.2. The molecule has 2 N–H and O–H groups in total. The number of hydrogen-bond donors (Lipinski definition) is 2. The number of fused-ring (bicyclic) bond motifs is 1. The molecule has 1 atom stereocenters. The maximum Gasteiger partial charge on any atom is 0.125 e. The van der Waals surface area contributed by atoms with Crippen LogP contribution in [0.5, 0.6) is 5.75 Å². The molecule has 2 nitrogen and oxygen atoms in total. The quantitative estimate of drug-likeness (QED) is 0.693. The SMILES string of the molecule is CC(c1ccccc1)c1cc(O)c2cc[nH]c2c1. The Bertz CT molecular complexity index is 670. The Hall–Kier alpha value is -2.22. The highest BCUT2D eigenvalue weighted by Gasteiger charge is 2.11. The van der Waals surface area contributed by atoms with Crippen molar-refractivity contribution in [3.63, 3.8) is 0 Å². The Morgan fingerprint density at radius 2 is 1.78 bits per heavy atom. The summed E-state index contributed by atoms with van der Waals surface area (Å²) in [7, 11) is 0. The lowest BCUT2D eigenvalue weighted by molar-refractivity contribution is 0.481. The Kier molecular flexibility index (Phi) is 2.56. The van der Waals surface area contributed by atoms with E-state index < -0.39 is 0 Å². The van der Waals surface area contributed by atoms with Crippen LogP contribution in [-0.4, -0.2) is 10.1 Å². The summed E-state index contributed by atoms with van der Waals surface area (Å²) < 4.78 is 0. The van der Waals surface area contributed by atoms with Gasteiger partial charge in [0.05, 0.1) is 0 Å². The van der Waals surface area contributed by atoms with E-state index in [1.165, 1.54) is 5.56 Å². The number of phenols is 1. The molecule has 18 heavy (non-hydrogen) atoms. The fraction of sp³-hybridized carbons (Fsp3) is 0.125. The van der Waals surface area contributed by atoms with Crippen molar-refractivity contribution in [2.75, 3.05) is 0 Å². The van der Waals surface area contributed by atoms with E-state index in [0.717, 1.165) is 16.5 Å². The van der Waals surface area contributed by atoms with Crippen LogP contribution in [0, 0.1) is 0 Å². The molecule has 3 aromatic rings. The fourth-order valence-corrected chi connectivity index (χ4v) is 2.35. The van der Waals surface area contributed by atoms with Gasteiger partial charge in [-0.1, -0.05) is 37.3 Å².